The van der Waals surface area contributed by atoms with Crippen LogP contribution in [0.2, 0.25) is 0 Å². The van der Waals surface area contributed by atoms with Crippen molar-refractivity contribution in [3.05, 3.63) is 65.7 Å². The van der Waals surface area contributed by atoms with E-state index in [-0.39, 0.29) is 17.2 Å². The molecule has 1 N–H and O–H groups in total. The third-order valence-electron chi connectivity index (χ3n) is 4.16. The molecule has 3 aromatic rings. The smallest absolute Gasteiger partial charge is 0.259 e. The second-order valence-corrected chi connectivity index (χ2v) is 6.20. The normalized spacial score (nSPS) is 11.9. The zero-order chi connectivity index (χ0) is 19.4. The Balaban J connectivity index is 1.96. The number of aromatic nitrogens is 2. The van der Waals surface area contributed by atoms with Crippen LogP contribution in [0.3, 0.4) is 0 Å². The fourth-order valence-electron chi connectivity index (χ4n) is 2.77. The van der Waals surface area contributed by atoms with Crippen molar-refractivity contribution in [2.24, 2.45) is 0 Å². The van der Waals surface area contributed by atoms with Gasteiger partial charge in [0.15, 0.2) is 5.76 Å². The highest BCUT2D eigenvalue weighted by Gasteiger charge is 2.28. The molecule has 27 heavy (non-hydrogen) atoms. The van der Waals surface area contributed by atoms with Crippen molar-refractivity contribution in [3.63, 3.8) is 0 Å². The number of hydrogen-bond donors (Lipinski definition) is 1. The Kier molecular flexibility index (Phi) is 5.52. The Morgan fingerprint density at radius 1 is 1.30 bits per heavy atom. The van der Waals surface area contributed by atoms with Crippen LogP contribution in [-0.4, -0.2) is 40.2 Å². The Labute approximate surface area is 157 Å². The van der Waals surface area contributed by atoms with E-state index in [0.29, 0.717) is 23.6 Å². The summed E-state index contributed by atoms with van der Waals surface area (Å²) in [5, 5.41) is 14.1. The van der Waals surface area contributed by atoms with Crippen LogP contribution in [0.4, 0.5) is 0 Å². The first-order valence-corrected chi connectivity index (χ1v) is 8.47. The van der Waals surface area contributed by atoms with Gasteiger partial charge in [-0.05, 0) is 42.8 Å². The highest BCUT2D eigenvalue weighted by Crippen LogP contribution is 2.31. The Morgan fingerprint density at radius 3 is 2.63 bits per heavy atom. The minimum Gasteiger partial charge on any atom is -0.497 e. The van der Waals surface area contributed by atoms with Gasteiger partial charge in [0.1, 0.15) is 23.1 Å². The first kappa shape index (κ1) is 18.6. The number of pyridine rings is 1. The third kappa shape index (κ3) is 3.98. The number of nitrogens with zero attached hydrogens (tertiary/aromatic N) is 3. The molecule has 1 aromatic carbocycles. The summed E-state index contributed by atoms with van der Waals surface area (Å²) in [6.07, 6.45) is 2.42. The molecule has 3 rings (SSSR count). The second-order valence-electron chi connectivity index (χ2n) is 6.20. The summed E-state index contributed by atoms with van der Waals surface area (Å²) in [4.78, 5) is 18.7. The van der Waals surface area contributed by atoms with E-state index in [1.807, 2.05) is 12.1 Å². The predicted octanol–water partition coefficient (Wildman–Crippen LogP) is 3.07. The van der Waals surface area contributed by atoms with Crippen molar-refractivity contribution in [1.82, 2.24) is 15.0 Å². The number of methoxy groups -OCH3 is 1. The van der Waals surface area contributed by atoms with Gasteiger partial charge in [0.2, 0.25) is 0 Å². The Hall–Kier alpha value is -3.19. The molecule has 0 aliphatic carbocycles. The minimum atomic E-state index is -0.963. The van der Waals surface area contributed by atoms with Crippen LogP contribution >= 0.6 is 0 Å². The molecule has 2 aromatic heterocycles. The monoisotopic (exact) mass is 367 g/mol. The maximum absolute atomic E-state index is 13.1. The summed E-state index contributed by atoms with van der Waals surface area (Å²) < 4.78 is 10.5. The zero-order valence-corrected chi connectivity index (χ0v) is 15.4. The molecule has 0 radical (unpaired) electrons. The van der Waals surface area contributed by atoms with Gasteiger partial charge in [-0.15, -0.1) is 0 Å². The summed E-state index contributed by atoms with van der Waals surface area (Å²) in [6.45, 7) is 1.91. The van der Waals surface area contributed by atoms with Crippen LogP contribution < -0.4 is 4.74 Å². The number of ether oxygens (including phenoxy) is 1. The number of hydrogen-bond acceptors (Lipinski definition) is 6. The molecule has 0 saturated heterocycles. The van der Waals surface area contributed by atoms with E-state index in [1.165, 1.54) is 6.92 Å². The molecule has 0 aliphatic heterocycles. The zero-order valence-electron chi connectivity index (χ0n) is 15.4. The van der Waals surface area contributed by atoms with Gasteiger partial charge >= 0.3 is 0 Å². The molecule has 0 unspecified atom stereocenters. The van der Waals surface area contributed by atoms with Gasteiger partial charge in [-0.1, -0.05) is 11.2 Å². The molecule has 0 saturated carbocycles. The lowest BCUT2D eigenvalue weighted by atomic mass is 10.0. The average molecular weight is 367 g/mol. The molecule has 1 atom stereocenters. The van der Waals surface area contributed by atoms with E-state index >= 15 is 0 Å². The summed E-state index contributed by atoms with van der Waals surface area (Å²) >= 11 is 0. The average Bonchev–Trinajstić information content (AvgIpc) is 3.13. The fourth-order valence-corrected chi connectivity index (χ4v) is 2.77. The van der Waals surface area contributed by atoms with Gasteiger partial charge < -0.3 is 19.3 Å². The number of benzene rings is 1. The summed E-state index contributed by atoms with van der Waals surface area (Å²) in [5.74, 6) is 0.547. The highest BCUT2D eigenvalue weighted by molar-refractivity contribution is 6.00. The molecule has 7 heteroatoms. The Bertz CT molecular complexity index is 905. The number of aliphatic hydroxyl groups excluding tert-OH is 1. The molecule has 0 aliphatic rings. The van der Waals surface area contributed by atoms with E-state index < -0.39 is 6.10 Å². The summed E-state index contributed by atoms with van der Waals surface area (Å²) in [7, 11) is 3.27. The lowest BCUT2D eigenvalue weighted by Gasteiger charge is -2.18. The molecular formula is C20H21N3O4. The van der Waals surface area contributed by atoms with Crippen molar-refractivity contribution in [2.45, 2.75) is 19.6 Å². The predicted molar refractivity (Wildman–Crippen MR) is 99.2 cm³/mol. The van der Waals surface area contributed by atoms with Gasteiger partial charge in [-0.3, -0.25) is 9.78 Å². The maximum atomic E-state index is 13.1. The van der Waals surface area contributed by atoms with Crippen LogP contribution in [0.5, 0.6) is 5.75 Å². The minimum absolute atomic E-state index is 0.142. The van der Waals surface area contributed by atoms with Gasteiger partial charge in [0.25, 0.3) is 5.91 Å². The van der Waals surface area contributed by atoms with Gasteiger partial charge in [0, 0.05) is 31.5 Å². The standard InChI is InChI=1S/C20H21N3O4/c1-13(24)19-17(20(25)23(2)12-14-5-4-10-21-11-14)18(22-27-19)15-6-8-16(26-3)9-7-15/h4-11,13,24H,12H2,1-3H3/t13-/m0/s1. The van der Waals surface area contributed by atoms with E-state index in [2.05, 4.69) is 10.1 Å². The number of aliphatic hydroxyl groups is 1. The van der Waals surface area contributed by atoms with E-state index in [1.54, 1.807) is 55.7 Å². The van der Waals surface area contributed by atoms with E-state index in [4.69, 9.17) is 9.26 Å². The van der Waals surface area contributed by atoms with Crippen molar-refractivity contribution < 1.29 is 19.2 Å². The van der Waals surface area contributed by atoms with Crippen molar-refractivity contribution >= 4 is 5.91 Å². The summed E-state index contributed by atoms with van der Waals surface area (Å²) in [6, 6.07) is 10.8. The van der Waals surface area contributed by atoms with Gasteiger partial charge in [-0.2, -0.15) is 0 Å². The summed E-state index contributed by atoms with van der Waals surface area (Å²) in [5.41, 5.74) is 2.23. The fraction of sp³-hybridized carbons (Fsp3) is 0.250. The number of carbonyl (C=O) groups excluding carboxylic acids is 1. The first-order chi connectivity index (χ1) is 13.0. The van der Waals surface area contributed by atoms with Gasteiger partial charge in [0.05, 0.1) is 7.11 Å². The van der Waals surface area contributed by atoms with Crippen LogP contribution in [-0.2, 0) is 6.54 Å². The van der Waals surface area contributed by atoms with Crippen LogP contribution in [0, 0.1) is 0 Å². The highest BCUT2D eigenvalue weighted by atomic mass is 16.5. The van der Waals surface area contributed by atoms with Crippen molar-refractivity contribution in [3.8, 4) is 17.0 Å². The van der Waals surface area contributed by atoms with Crippen LogP contribution in [0.25, 0.3) is 11.3 Å². The second kappa shape index (κ2) is 8.01. The van der Waals surface area contributed by atoms with E-state index in [0.717, 1.165) is 5.56 Å². The van der Waals surface area contributed by atoms with Crippen LogP contribution in [0.15, 0.2) is 53.3 Å². The number of rotatable bonds is 6. The molecule has 2 heterocycles. The maximum Gasteiger partial charge on any atom is 0.259 e. The van der Waals surface area contributed by atoms with E-state index in [9.17, 15) is 9.90 Å². The molecule has 1 amide bonds. The first-order valence-electron chi connectivity index (χ1n) is 8.47. The Morgan fingerprint density at radius 2 is 2.04 bits per heavy atom. The topological polar surface area (TPSA) is 88.7 Å². The van der Waals surface area contributed by atoms with Crippen molar-refractivity contribution in [2.75, 3.05) is 14.2 Å². The molecule has 7 nitrogen and oxygen atoms in total. The molecule has 0 spiro atoms. The van der Waals surface area contributed by atoms with Gasteiger partial charge in [-0.25, -0.2) is 0 Å². The largest absolute Gasteiger partial charge is 0.497 e. The molecule has 140 valence electrons. The quantitative estimate of drug-likeness (QED) is 0.720. The number of carbonyl (C=O) groups is 1. The lowest BCUT2D eigenvalue weighted by Crippen LogP contribution is -2.27. The van der Waals surface area contributed by atoms with Crippen molar-refractivity contribution in [1.29, 1.82) is 0 Å². The number of amides is 1. The van der Waals surface area contributed by atoms with Crippen LogP contribution in [0.1, 0.15) is 34.7 Å². The molecule has 0 bridgehead atoms. The SMILES string of the molecule is COc1ccc(-c2noc([C@H](C)O)c2C(=O)N(C)Cc2cccnc2)cc1. The third-order valence-corrected chi connectivity index (χ3v) is 4.16. The lowest BCUT2D eigenvalue weighted by molar-refractivity contribution is 0.0773. The molecule has 0 fully saturated rings. The molecular weight excluding hydrogens is 346 g/mol.